The summed E-state index contributed by atoms with van der Waals surface area (Å²) in [6.07, 6.45) is 0. The Morgan fingerprint density at radius 2 is 1.33 bits per heavy atom. The molecule has 2 aromatic carbocycles. The SMILES string of the molecule is CC(=O)Nc1ccc(NC(=O)C(=O)N[C@H](C)c2ccccc2)cc1. The Kier molecular flexibility index (Phi) is 5.68. The van der Waals surface area contributed by atoms with Gasteiger partial charge in [-0.15, -0.1) is 0 Å². The molecule has 2 aromatic rings. The molecule has 0 heterocycles. The first-order valence-electron chi connectivity index (χ1n) is 7.50. The highest BCUT2D eigenvalue weighted by atomic mass is 16.2. The van der Waals surface area contributed by atoms with Gasteiger partial charge in [-0.1, -0.05) is 30.3 Å². The molecule has 3 amide bonds. The van der Waals surface area contributed by atoms with Gasteiger partial charge < -0.3 is 16.0 Å². The second kappa shape index (κ2) is 7.92. The van der Waals surface area contributed by atoms with E-state index in [0.717, 1.165) is 5.56 Å². The molecule has 0 aliphatic heterocycles. The van der Waals surface area contributed by atoms with Crippen LogP contribution in [0.1, 0.15) is 25.5 Å². The molecule has 0 aromatic heterocycles. The van der Waals surface area contributed by atoms with Crippen molar-refractivity contribution in [2.45, 2.75) is 19.9 Å². The molecule has 24 heavy (non-hydrogen) atoms. The lowest BCUT2D eigenvalue weighted by Crippen LogP contribution is -2.36. The van der Waals surface area contributed by atoms with E-state index in [9.17, 15) is 14.4 Å². The highest BCUT2D eigenvalue weighted by Crippen LogP contribution is 2.14. The van der Waals surface area contributed by atoms with E-state index in [1.54, 1.807) is 24.3 Å². The Morgan fingerprint density at radius 3 is 1.88 bits per heavy atom. The maximum atomic E-state index is 12.0. The van der Waals surface area contributed by atoms with Gasteiger partial charge in [-0.05, 0) is 36.8 Å². The van der Waals surface area contributed by atoms with Crippen molar-refractivity contribution in [1.29, 1.82) is 0 Å². The van der Waals surface area contributed by atoms with Crippen molar-refractivity contribution in [2.24, 2.45) is 0 Å². The fourth-order valence-electron chi connectivity index (χ4n) is 2.12. The van der Waals surface area contributed by atoms with Crippen LogP contribution in [0.15, 0.2) is 54.6 Å². The highest BCUT2D eigenvalue weighted by Gasteiger charge is 2.17. The summed E-state index contributed by atoms with van der Waals surface area (Å²) in [6.45, 7) is 3.22. The summed E-state index contributed by atoms with van der Waals surface area (Å²) in [4.78, 5) is 34.9. The molecular formula is C18H19N3O3. The van der Waals surface area contributed by atoms with Crippen molar-refractivity contribution in [3.8, 4) is 0 Å². The Labute approximate surface area is 140 Å². The second-order valence-corrected chi connectivity index (χ2v) is 5.32. The summed E-state index contributed by atoms with van der Waals surface area (Å²) >= 11 is 0. The molecular weight excluding hydrogens is 306 g/mol. The lowest BCUT2D eigenvalue weighted by molar-refractivity contribution is -0.136. The van der Waals surface area contributed by atoms with Crippen molar-refractivity contribution in [2.75, 3.05) is 10.6 Å². The molecule has 0 aliphatic rings. The monoisotopic (exact) mass is 325 g/mol. The zero-order valence-electron chi connectivity index (χ0n) is 13.5. The molecule has 3 N–H and O–H groups in total. The summed E-state index contributed by atoms with van der Waals surface area (Å²) in [5.74, 6) is -1.64. The van der Waals surface area contributed by atoms with Crippen LogP contribution in [-0.4, -0.2) is 17.7 Å². The van der Waals surface area contributed by atoms with Crippen LogP contribution >= 0.6 is 0 Å². The standard InChI is InChI=1S/C18H19N3O3/c1-12(14-6-4-3-5-7-14)19-17(23)18(24)21-16-10-8-15(9-11-16)20-13(2)22/h3-12H,1-2H3,(H,19,23)(H,20,22)(H,21,24)/t12-/m1/s1. The number of rotatable bonds is 4. The van der Waals surface area contributed by atoms with E-state index in [1.165, 1.54) is 6.92 Å². The number of carbonyl (C=O) groups is 3. The third kappa shape index (κ3) is 4.95. The fraction of sp³-hybridized carbons (Fsp3) is 0.167. The van der Waals surface area contributed by atoms with Gasteiger partial charge in [0.1, 0.15) is 0 Å². The molecule has 124 valence electrons. The van der Waals surface area contributed by atoms with Crippen LogP contribution in [-0.2, 0) is 14.4 Å². The van der Waals surface area contributed by atoms with Crippen LogP contribution in [0.3, 0.4) is 0 Å². The maximum Gasteiger partial charge on any atom is 0.313 e. The number of hydrogen-bond donors (Lipinski definition) is 3. The van der Waals surface area contributed by atoms with Crippen LogP contribution in [0.25, 0.3) is 0 Å². The van der Waals surface area contributed by atoms with Crippen LogP contribution in [0.4, 0.5) is 11.4 Å². The van der Waals surface area contributed by atoms with Gasteiger partial charge in [-0.2, -0.15) is 0 Å². The Bertz CT molecular complexity index is 727. The van der Waals surface area contributed by atoms with E-state index in [1.807, 2.05) is 37.3 Å². The van der Waals surface area contributed by atoms with E-state index in [2.05, 4.69) is 16.0 Å². The molecule has 0 aliphatic carbocycles. The highest BCUT2D eigenvalue weighted by molar-refractivity contribution is 6.39. The fourth-order valence-corrected chi connectivity index (χ4v) is 2.12. The molecule has 0 fully saturated rings. The van der Waals surface area contributed by atoms with Crippen molar-refractivity contribution >= 4 is 29.1 Å². The minimum atomic E-state index is -0.745. The number of carbonyl (C=O) groups excluding carboxylic acids is 3. The number of amides is 3. The third-order valence-electron chi connectivity index (χ3n) is 3.32. The number of benzene rings is 2. The molecule has 0 radical (unpaired) electrons. The maximum absolute atomic E-state index is 12.0. The number of nitrogens with one attached hydrogen (secondary N) is 3. The first kappa shape index (κ1) is 17.2. The van der Waals surface area contributed by atoms with Gasteiger partial charge in [0.2, 0.25) is 5.91 Å². The zero-order valence-corrected chi connectivity index (χ0v) is 13.5. The molecule has 0 saturated heterocycles. The van der Waals surface area contributed by atoms with Crippen molar-refractivity contribution in [3.05, 3.63) is 60.2 Å². The predicted molar refractivity (Wildman–Crippen MR) is 92.4 cm³/mol. The van der Waals surface area contributed by atoms with Crippen LogP contribution < -0.4 is 16.0 Å². The Balaban J connectivity index is 1.91. The smallest absolute Gasteiger partial charge is 0.313 e. The van der Waals surface area contributed by atoms with Gasteiger partial charge in [0.25, 0.3) is 0 Å². The summed E-state index contributed by atoms with van der Waals surface area (Å²) in [7, 11) is 0. The van der Waals surface area contributed by atoms with Crippen molar-refractivity contribution in [1.82, 2.24) is 5.32 Å². The summed E-state index contributed by atoms with van der Waals surface area (Å²) in [5, 5.41) is 7.78. The molecule has 1 atom stereocenters. The summed E-state index contributed by atoms with van der Waals surface area (Å²) in [6, 6.07) is 15.6. The van der Waals surface area contributed by atoms with E-state index in [0.29, 0.717) is 11.4 Å². The lowest BCUT2D eigenvalue weighted by atomic mass is 10.1. The number of anilines is 2. The van der Waals surface area contributed by atoms with Gasteiger partial charge in [-0.25, -0.2) is 0 Å². The van der Waals surface area contributed by atoms with Crippen LogP contribution in [0.2, 0.25) is 0 Å². The van der Waals surface area contributed by atoms with Crippen LogP contribution in [0.5, 0.6) is 0 Å². The van der Waals surface area contributed by atoms with Gasteiger partial charge >= 0.3 is 11.8 Å². The predicted octanol–water partition coefficient (Wildman–Crippen LogP) is 2.46. The van der Waals surface area contributed by atoms with Crippen molar-refractivity contribution < 1.29 is 14.4 Å². The van der Waals surface area contributed by atoms with Gasteiger partial charge in [0.15, 0.2) is 0 Å². The van der Waals surface area contributed by atoms with E-state index in [-0.39, 0.29) is 11.9 Å². The molecule has 2 rings (SSSR count). The third-order valence-corrected chi connectivity index (χ3v) is 3.32. The Hall–Kier alpha value is -3.15. The summed E-state index contributed by atoms with van der Waals surface area (Å²) < 4.78 is 0. The zero-order chi connectivity index (χ0) is 17.5. The number of hydrogen-bond acceptors (Lipinski definition) is 3. The molecule has 0 saturated carbocycles. The molecule has 0 unspecified atom stereocenters. The van der Waals surface area contributed by atoms with Gasteiger partial charge in [-0.3, -0.25) is 14.4 Å². The Morgan fingerprint density at radius 1 is 0.792 bits per heavy atom. The minimum absolute atomic E-state index is 0.180. The topological polar surface area (TPSA) is 87.3 Å². The second-order valence-electron chi connectivity index (χ2n) is 5.32. The van der Waals surface area contributed by atoms with Crippen molar-refractivity contribution in [3.63, 3.8) is 0 Å². The van der Waals surface area contributed by atoms with Crippen LogP contribution in [0, 0.1) is 0 Å². The van der Waals surface area contributed by atoms with E-state index >= 15 is 0 Å². The van der Waals surface area contributed by atoms with Gasteiger partial charge in [0.05, 0.1) is 6.04 Å². The normalized spacial score (nSPS) is 11.2. The first-order valence-corrected chi connectivity index (χ1v) is 7.50. The average Bonchev–Trinajstić information content (AvgIpc) is 2.56. The molecule has 0 spiro atoms. The minimum Gasteiger partial charge on any atom is -0.341 e. The first-order chi connectivity index (χ1) is 11.5. The average molecular weight is 325 g/mol. The van der Waals surface area contributed by atoms with E-state index in [4.69, 9.17) is 0 Å². The quantitative estimate of drug-likeness (QED) is 0.755. The summed E-state index contributed by atoms with van der Waals surface area (Å²) in [5.41, 5.74) is 2.00. The lowest BCUT2D eigenvalue weighted by Gasteiger charge is -2.14. The molecule has 6 heteroatoms. The molecule has 0 bridgehead atoms. The largest absolute Gasteiger partial charge is 0.341 e. The van der Waals surface area contributed by atoms with Gasteiger partial charge in [0, 0.05) is 18.3 Å². The van der Waals surface area contributed by atoms with E-state index < -0.39 is 11.8 Å². The molecule has 6 nitrogen and oxygen atoms in total.